The van der Waals surface area contributed by atoms with Crippen LogP contribution < -0.4 is 19.5 Å². The molecule has 0 spiro atoms. The zero-order chi connectivity index (χ0) is 22.4. The number of carboxylic acids is 1. The average molecular weight is 442 g/mol. The summed E-state index contributed by atoms with van der Waals surface area (Å²) in [6, 6.07) is 12.3. The van der Waals surface area contributed by atoms with Gasteiger partial charge in [0.25, 0.3) is 5.91 Å². The Labute approximate surface area is 183 Å². The summed E-state index contributed by atoms with van der Waals surface area (Å²) in [4.78, 5) is 28.4. The van der Waals surface area contributed by atoms with Crippen molar-refractivity contribution in [2.24, 2.45) is 4.99 Å². The van der Waals surface area contributed by atoms with E-state index >= 15 is 0 Å². The molecule has 2 aromatic carbocycles. The number of amidine groups is 1. The van der Waals surface area contributed by atoms with Crippen LogP contribution in [0.15, 0.2) is 52.4 Å². The third-order valence-electron chi connectivity index (χ3n) is 4.15. The van der Waals surface area contributed by atoms with Crippen LogP contribution in [0.25, 0.3) is 6.08 Å². The quantitative estimate of drug-likeness (QED) is 0.598. The molecule has 31 heavy (non-hydrogen) atoms. The second kappa shape index (κ2) is 10.0. The predicted molar refractivity (Wildman–Crippen MR) is 119 cm³/mol. The van der Waals surface area contributed by atoms with E-state index in [9.17, 15) is 9.59 Å². The fraction of sp³-hybridized carbons (Fsp3) is 0.227. The number of methoxy groups -OCH3 is 1. The van der Waals surface area contributed by atoms with E-state index in [1.165, 1.54) is 18.7 Å². The van der Waals surface area contributed by atoms with Gasteiger partial charge >= 0.3 is 5.97 Å². The number of aliphatic carboxylic acids is 1. The minimum atomic E-state index is -1.07. The van der Waals surface area contributed by atoms with E-state index in [2.05, 4.69) is 10.3 Å². The van der Waals surface area contributed by atoms with E-state index in [1.807, 2.05) is 25.1 Å². The first-order chi connectivity index (χ1) is 14.9. The van der Waals surface area contributed by atoms with Crippen molar-refractivity contribution < 1.29 is 28.9 Å². The number of carbonyl (C=O) groups excluding carboxylic acids is 1. The lowest BCUT2D eigenvalue weighted by atomic mass is 10.2. The van der Waals surface area contributed by atoms with Crippen molar-refractivity contribution in [3.05, 3.63) is 52.9 Å². The number of rotatable bonds is 8. The maximum absolute atomic E-state index is 12.4. The first-order valence-corrected chi connectivity index (χ1v) is 10.3. The SMILES string of the molecule is CCOc1cc(/C=C2/SC(=Nc3cccc(OC)c3)NC2=O)ccc1OC(C)C(=O)O. The Bertz CT molecular complexity index is 1050. The van der Waals surface area contributed by atoms with E-state index < -0.39 is 12.1 Å². The van der Waals surface area contributed by atoms with Gasteiger partial charge in [-0.25, -0.2) is 9.79 Å². The van der Waals surface area contributed by atoms with Crippen molar-refractivity contribution in [2.45, 2.75) is 20.0 Å². The summed E-state index contributed by atoms with van der Waals surface area (Å²) in [6.45, 7) is 3.64. The first-order valence-electron chi connectivity index (χ1n) is 9.49. The molecule has 1 heterocycles. The number of nitrogens with zero attached hydrogens (tertiary/aromatic N) is 1. The number of carbonyl (C=O) groups is 2. The molecule has 0 saturated carbocycles. The molecule has 0 aromatic heterocycles. The molecule has 0 radical (unpaired) electrons. The highest BCUT2D eigenvalue weighted by Crippen LogP contribution is 2.33. The Hall–Kier alpha value is -3.46. The molecule has 1 atom stereocenters. The highest BCUT2D eigenvalue weighted by atomic mass is 32.2. The number of benzene rings is 2. The molecule has 1 amide bonds. The number of carboxylic acid groups (broad SMARTS) is 1. The number of thioether (sulfide) groups is 1. The number of aliphatic imine (C=N–C) groups is 1. The van der Waals surface area contributed by atoms with Crippen LogP contribution in [0.5, 0.6) is 17.2 Å². The molecule has 1 saturated heterocycles. The second-order valence-corrected chi connectivity index (χ2v) is 7.45. The van der Waals surface area contributed by atoms with Gasteiger partial charge in [-0.3, -0.25) is 4.79 Å². The van der Waals surface area contributed by atoms with Gasteiger partial charge in [-0.05, 0) is 61.5 Å². The molecular weight excluding hydrogens is 420 g/mol. The maximum Gasteiger partial charge on any atom is 0.344 e. The van der Waals surface area contributed by atoms with Crippen LogP contribution in [0.4, 0.5) is 5.69 Å². The minimum Gasteiger partial charge on any atom is -0.497 e. The van der Waals surface area contributed by atoms with Gasteiger partial charge < -0.3 is 24.6 Å². The van der Waals surface area contributed by atoms with Crippen LogP contribution in [0.1, 0.15) is 19.4 Å². The number of nitrogens with one attached hydrogen (secondary N) is 1. The van der Waals surface area contributed by atoms with Crippen molar-refractivity contribution in [2.75, 3.05) is 13.7 Å². The van der Waals surface area contributed by atoms with Gasteiger partial charge in [-0.2, -0.15) is 0 Å². The molecule has 1 aliphatic heterocycles. The standard InChI is InChI=1S/C22H22N2O6S/c1-4-29-18-10-14(8-9-17(18)30-13(2)21(26)27)11-19-20(25)24-22(31-19)23-15-6-5-7-16(12-15)28-3/h5-13H,4H2,1-3H3,(H,26,27)(H,23,24,25)/b19-11+. The molecule has 1 aliphatic rings. The van der Waals surface area contributed by atoms with Crippen LogP contribution in [-0.4, -0.2) is 42.0 Å². The molecule has 2 N–H and O–H groups in total. The van der Waals surface area contributed by atoms with Gasteiger partial charge in [0.1, 0.15) is 5.75 Å². The zero-order valence-electron chi connectivity index (χ0n) is 17.2. The smallest absolute Gasteiger partial charge is 0.344 e. The van der Waals surface area contributed by atoms with E-state index in [4.69, 9.17) is 19.3 Å². The maximum atomic E-state index is 12.4. The summed E-state index contributed by atoms with van der Waals surface area (Å²) in [5.41, 5.74) is 1.37. The minimum absolute atomic E-state index is 0.260. The molecular formula is C22H22N2O6S. The molecule has 1 fully saturated rings. The third kappa shape index (κ3) is 5.79. The van der Waals surface area contributed by atoms with Gasteiger partial charge in [0.15, 0.2) is 22.8 Å². The van der Waals surface area contributed by atoms with Gasteiger partial charge in [0.05, 0.1) is 24.3 Å². The number of amides is 1. The van der Waals surface area contributed by atoms with Gasteiger partial charge in [0.2, 0.25) is 0 Å². The van der Waals surface area contributed by atoms with Gasteiger partial charge in [0, 0.05) is 6.07 Å². The van der Waals surface area contributed by atoms with Crippen LogP contribution >= 0.6 is 11.8 Å². The third-order valence-corrected chi connectivity index (χ3v) is 5.06. The van der Waals surface area contributed by atoms with Crippen molar-refractivity contribution in [3.63, 3.8) is 0 Å². The predicted octanol–water partition coefficient (Wildman–Crippen LogP) is 3.84. The molecule has 0 aliphatic carbocycles. The molecule has 9 heteroatoms. The Morgan fingerprint density at radius 2 is 2.06 bits per heavy atom. The van der Waals surface area contributed by atoms with Gasteiger partial charge in [-0.1, -0.05) is 12.1 Å². The topological polar surface area (TPSA) is 106 Å². The highest BCUT2D eigenvalue weighted by molar-refractivity contribution is 8.18. The second-order valence-electron chi connectivity index (χ2n) is 6.42. The summed E-state index contributed by atoms with van der Waals surface area (Å²) < 4.78 is 16.2. The van der Waals surface area contributed by atoms with Crippen molar-refractivity contribution in [1.82, 2.24) is 5.32 Å². The van der Waals surface area contributed by atoms with Crippen LogP contribution in [0.2, 0.25) is 0 Å². The van der Waals surface area contributed by atoms with Gasteiger partial charge in [-0.15, -0.1) is 0 Å². The molecule has 1 unspecified atom stereocenters. The lowest BCUT2D eigenvalue weighted by molar-refractivity contribution is -0.144. The van der Waals surface area contributed by atoms with E-state index in [0.717, 1.165) is 0 Å². The highest BCUT2D eigenvalue weighted by Gasteiger charge is 2.24. The Morgan fingerprint density at radius 1 is 1.26 bits per heavy atom. The fourth-order valence-corrected chi connectivity index (χ4v) is 3.49. The number of ether oxygens (including phenoxy) is 3. The summed E-state index contributed by atoms with van der Waals surface area (Å²) in [5, 5.41) is 12.3. The summed E-state index contributed by atoms with van der Waals surface area (Å²) in [6.07, 6.45) is 0.691. The molecule has 8 nitrogen and oxygen atoms in total. The Balaban J connectivity index is 1.82. The normalized spacial score (nSPS) is 16.8. The van der Waals surface area contributed by atoms with E-state index in [-0.39, 0.29) is 5.91 Å². The molecule has 2 aromatic rings. The van der Waals surface area contributed by atoms with Crippen LogP contribution in [0, 0.1) is 0 Å². The lowest BCUT2D eigenvalue weighted by Gasteiger charge is -2.15. The van der Waals surface area contributed by atoms with E-state index in [1.54, 1.807) is 37.5 Å². The zero-order valence-corrected chi connectivity index (χ0v) is 18.1. The fourth-order valence-electron chi connectivity index (χ4n) is 2.65. The number of hydrogen-bond donors (Lipinski definition) is 2. The van der Waals surface area contributed by atoms with Crippen molar-refractivity contribution in [1.29, 1.82) is 0 Å². The summed E-state index contributed by atoms with van der Waals surface area (Å²) in [7, 11) is 1.58. The van der Waals surface area contributed by atoms with Crippen LogP contribution in [0.3, 0.4) is 0 Å². The van der Waals surface area contributed by atoms with E-state index in [0.29, 0.717) is 45.2 Å². The van der Waals surface area contributed by atoms with Crippen LogP contribution in [-0.2, 0) is 9.59 Å². The number of hydrogen-bond acceptors (Lipinski definition) is 7. The molecule has 3 rings (SSSR count). The molecule has 162 valence electrons. The lowest BCUT2D eigenvalue weighted by Crippen LogP contribution is -2.23. The largest absolute Gasteiger partial charge is 0.497 e. The van der Waals surface area contributed by atoms with Crippen molar-refractivity contribution in [3.8, 4) is 17.2 Å². The summed E-state index contributed by atoms with van der Waals surface area (Å²) in [5.74, 6) is 0.0659. The Morgan fingerprint density at radius 3 is 2.77 bits per heavy atom. The molecule has 0 bridgehead atoms. The summed E-state index contributed by atoms with van der Waals surface area (Å²) >= 11 is 1.22. The average Bonchev–Trinajstić information content (AvgIpc) is 3.08. The Kier molecular flexibility index (Phi) is 7.19. The monoisotopic (exact) mass is 442 g/mol. The van der Waals surface area contributed by atoms with Crippen molar-refractivity contribution >= 4 is 40.6 Å². The first kappa shape index (κ1) is 22.2.